The molecule has 5 nitrogen and oxygen atoms in total. The number of benzene rings is 1. The lowest BCUT2D eigenvalue weighted by atomic mass is 10.1. The number of rotatable bonds is 6. The Morgan fingerprint density at radius 1 is 1.40 bits per heavy atom. The molecular weight excluding hydrogens is 342 g/mol. The summed E-state index contributed by atoms with van der Waals surface area (Å²) in [6, 6.07) is 3.59. The predicted molar refractivity (Wildman–Crippen MR) is 85.1 cm³/mol. The van der Waals surface area contributed by atoms with Gasteiger partial charge in [-0.25, -0.2) is 13.1 Å². The molecule has 1 rings (SSSR count). The Morgan fingerprint density at radius 2 is 2.00 bits per heavy atom. The molecule has 1 atom stereocenters. The van der Waals surface area contributed by atoms with Gasteiger partial charge in [0.25, 0.3) is 0 Å². The first-order valence-electron chi connectivity index (χ1n) is 6.34. The predicted octanol–water partition coefficient (Wildman–Crippen LogP) is 1.44. The average Bonchev–Trinajstić information content (AvgIpc) is 2.38. The van der Waals surface area contributed by atoms with Crippen LogP contribution in [0.4, 0.5) is 0 Å². The smallest absolute Gasteiger partial charge is 0.240 e. The van der Waals surface area contributed by atoms with Crippen molar-refractivity contribution in [3.63, 3.8) is 0 Å². The maximum absolute atomic E-state index is 12.4. The standard InChI is InChI=1S/C13H22BrN3O2S/c1-9(17(3)4)8-16-20(18,19)13-6-11(7-15)5-12(14)10(13)2/h5-6,9,16H,7-8,15H2,1-4H3. The Morgan fingerprint density at radius 3 is 2.50 bits per heavy atom. The maximum atomic E-state index is 12.4. The van der Waals surface area contributed by atoms with Crippen molar-refractivity contribution in [2.45, 2.75) is 31.3 Å². The average molecular weight is 364 g/mol. The van der Waals surface area contributed by atoms with Crippen LogP contribution in [0, 0.1) is 6.92 Å². The first-order chi connectivity index (χ1) is 9.19. The molecule has 0 aromatic heterocycles. The SMILES string of the molecule is Cc1c(Br)cc(CN)cc1S(=O)(=O)NCC(C)N(C)C. The van der Waals surface area contributed by atoms with E-state index in [1.54, 1.807) is 13.0 Å². The van der Waals surface area contributed by atoms with Crippen LogP contribution in [0.25, 0.3) is 0 Å². The van der Waals surface area contributed by atoms with Gasteiger partial charge >= 0.3 is 0 Å². The van der Waals surface area contributed by atoms with E-state index in [1.807, 2.05) is 32.0 Å². The molecule has 1 unspecified atom stereocenters. The molecule has 0 aliphatic carbocycles. The quantitative estimate of drug-likeness (QED) is 0.801. The summed E-state index contributed by atoms with van der Waals surface area (Å²) < 4.78 is 28.2. The van der Waals surface area contributed by atoms with Crippen molar-refractivity contribution < 1.29 is 8.42 Å². The molecule has 0 aliphatic heterocycles. The highest BCUT2D eigenvalue weighted by Gasteiger charge is 2.20. The minimum atomic E-state index is -3.54. The van der Waals surface area contributed by atoms with Gasteiger partial charge in [0.2, 0.25) is 10.0 Å². The van der Waals surface area contributed by atoms with Gasteiger partial charge in [-0.15, -0.1) is 0 Å². The van der Waals surface area contributed by atoms with Gasteiger partial charge in [-0.05, 0) is 51.2 Å². The number of nitrogens with two attached hydrogens (primary N) is 1. The summed E-state index contributed by atoms with van der Waals surface area (Å²) >= 11 is 3.38. The molecule has 1 aromatic rings. The van der Waals surface area contributed by atoms with Crippen LogP contribution >= 0.6 is 15.9 Å². The molecule has 0 fully saturated rings. The number of nitrogens with zero attached hydrogens (tertiary/aromatic N) is 1. The number of sulfonamides is 1. The van der Waals surface area contributed by atoms with Gasteiger partial charge in [0.1, 0.15) is 0 Å². The molecule has 0 amide bonds. The molecule has 7 heteroatoms. The summed E-state index contributed by atoms with van der Waals surface area (Å²) in [4.78, 5) is 2.24. The van der Waals surface area contributed by atoms with Gasteiger partial charge in [-0.1, -0.05) is 15.9 Å². The van der Waals surface area contributed by atoms with Crippen molar-refractivity contribution >= 4 is 26.0 Å². The van der Waals surface area contributed by atoms with Crippen LogP contribution < -0.4 is 10.5 Å². The molecule has 1 aromatic carbocycles. The largest absolute Gasteiger partial charge is 0.326 e. The van der Waals surface area contributed by atoms with Gasteiger partial charge < -0.3 is 10.6 Å². The molecule has 20 heavy (non-hydrogen) atoms. The van der Waals surface area contributed by atoms with Crippen molar-refractivity contribution in [2.75, 3.05) is 20.6 Å². The topological polar surface area (TPSA) is 75.4 Å². The van der Waals surface area contributed by atoms with Crippen LogP contribution in [-0.4, -0.2) is 40.0 Å². The Labute approximate surface area is 129 Å². The number of hydrogen-bond donors (Lipinski definition) is 2. The minimum Gasteiger partial charge on any atom is -0.326 e. The lowest BCUT2D eigenvalue weighted by Gasteiger charge is -2.20. The highest BCUT2D eigenvalue weighted by Crippen LogP contribution is 2.25. The molecule has 0 saturated heterocycles. The lowest BCUT2D eigenvalue weighted by Crippen LogP contribution is -2.38. The summed E-state index contributed by atoms with van der Waals surface area (Å²) in [7, 11) is 0.288. The third-order valence-electron chi connectivity index (χ3n) is 3.33. The first-order valence-corrected chi connectivity index (χ1v) is 8.62. The number of halogens is 1. The van der Waals surface area contributed by atoms with E-state index in [9.17, 15) is 8.42 Å². The Balaban J connectivity index is 3.06. The zero-order valence-corrected chi connectivity index (χ0v) is 14.7. The van der Waals surface area contributed by atoms with Crippen LogP contribution in [-0.2, 0) is 16.6 Å². The second-order valence-corrected chi connectivity index (χ2v) is 7.66. The van der Waals surface area contributed by atoms with Crippen LogP contribution in [0.2, 0.25) is 0 Å². The minimum absolute atomic E-state index is 0.117. The van der Waals surface area contributed by atoms with Gasteiger partial charge in [-0.3, -0.25) is 0 Å². The molecule has 114 valence electrons. The lowest BCUT2D eigenvalue weighted by molar-refractivity contribution is 0.314. The van der Waals surface area contributed by atoms with E-state index >= 15 is 0 Å². The highest BCUT2D eigenvalue weighted by atomic mass is 79.9. The third-order valence-corrected chi connectivity index (χ3v) is 5.71. The second-order valence-electron chi connectivity index (χ2n) is 5.07. The molecule has 0 aliphatic rings. The van der Waals surface area contributed by atoms with Crippen molar-refractivity contribution in [3.8, 4) is 0 Å². The van der Waals surface area contributed by atoms with Crippen molar-refractivity contribution in [1.29, 1.82) is 0 Å². The summed E-state index contributed by atoms with van der Waals surface area (Å²) in [6.45, 7) is 4.39. The third kappa shape index (κ3) is 4.26. The van der Waals surface area contributed by atoms with Gasteiger partial charge in [0, 0.05) is 23.6 Å². The number of hydrogen-bond acceptors (Lipinski definition) is 4. The first kappa shape index (κ1) is 17.6. The summed E-state index contributed by atoms with van der Waals surface area (Å²) in [5, 5.41) is 0. The monoisotopic (exact) mass is 363 g/mol. The summed E-state index contributed by atoms with van der Waals surface area (Å²) in [5.41, 5.74) is 7.07. The van der Waals surface area contributed by atoms with Crippen LogP contribution in [0.3, 0.4) is 0 Å². The van der Waals surface area contributed by atoms with E-state index in [4.69, 9.17) is 5.73 Å². The molecule has 0 bridgehead atoms. The van der Waals surface area contributed by atoms with Gasteiger partial charge in [-0.2, -0.15) is 0 Å². The van der Waals surface area contributed by atoms with E-state index in [2.05, 4.69) is 20.7 Å². The summed E-state index contributed by atoms with van der Waals surface area (Å²) in [6.07, 6.45) is 0. The Bertz CT molecular complexity index is 573. The molecule has 0 radical (unpaired) electrons. The van der Waals surface area contributed by atoms with E-state index in [0.29, 0.717) is 18.7 Å². The fourth-order valence-electron chi connectivity index (χ4n) is 1.59. The molecule has 0 spiro atoms. The van der Waals surface area contributed by atoms with Crippen LogP contribution in [0.15, 0.2) is 21.5 Å². The molecule has 0 heterocycles. The van der Waals surface area contributed by atoms with Crippen LogP contribution in [0.5, 0.6) is 0 Å². The normalized spacial score (nSPS) is 13.8. The van der Waals surface area contributed by atoms with Crippen molar-refractivity contribution in [1.82, 2.24) is 9.62 Å². The van der Waals surface area contributed by atoms with E-state index in [-0.39, 0.29) is 10.9 Å². The number of nitrogens with one attached hydrogen (secondary N) is 1. The van der Waals surface area contributed by atoms with Crippen LogP contribution in [0.1, 0.15) is 18.1 Å². The zero-order valence-electron chi connectivity index (χ0n) is 12.3. The van der Waals surface area contributed by atoms with Gasteiger partial charge in [0.15, 0.2) is 0 Å². The van der Waals surface area contributed by atoms with Crippen molar-refractivity contribution in [2.24, 2.45) is 5.73 Å². The van der Waals surface area contributed by atoms with E-state index < -0.39 is 10.0 Å². The number of likely N-dealkylation sites (N-methyl/N-ethyl adjacent to an activating group) is 1. The highest BCUT2D eigenvalue weighted by molar-refractivity contribution is 9.10. The molecule has 3 N–H and O–H groups in total. The fourth-order valence-corrected chi connectivity index (χ4v) is 3.67. The summed E-state index contributed by atoms with van der Waals surface area (Å²) in [5.74, 6) is 0. The molecular formula is C13H22BrN3O2S. The molecule has 0 saturated carbocycles. The van der Waals surface area contributed by atoms with E-state index in [1.165, 1.54) is 0 Å². The maximum Gasteiger partial charge on any atom is 0.240 e. The fraction of sp³-hybridized carbons (Fsp3) is 0.538. The van der Waals surface area contributed by atoms with E-state index in [0.717, 1.165) is 10.0 Å². The Hall–Kier alpha value is -0.470. The van der Waals surface area contributed by atoms with Crippen molar-refractivity contribution in [3.05, 3.63) is 27.7 Å². The zero-order chi connectivity index (χ0) is 15.5. The second kappa shape index (κ2) is 7.00. The van der Waals surface area contributed by atoms with Gasteiger partial charge in [0.05, 0.1) is 4.90 Å². The Kier molecular flexibility index (Phi) is 6.15.